The van der Waals surface area contributed by atoms with Crippen LogP contribution in [0.5, 0.6) is 0 Å². The Morgan fingerprint density at radius 2 is 2.14 bits per heavy atom. The van der Waals surface area contributed by atoms with Crippen molar-refractivity contribution in [2.45, 2.75) is 45.6 Å². The maximum Gasteiger partial charge on any atom is 0.360 e. The number of amides is 1. The molecule has 0 aromatic carbocycles. The molecule has 1 fully saturated rings. The van der Waals surface area contributed by atoms with Crippen LogP contribution in [-0.2, 0) is 16.1 Å². The van der Waals surface area contributed by atoms with E-state index in [1.54, 1.807) is 4.90 Å². The van der Waals surface area contributed by atoms with Gasteiger partial charge in [0.15, 0.2) is 5.69 Å². The number of carbonyl (C=O) groups excluding carboxylic acids is 2. The summed E-state index contributed by atoms with van der Waals surface area (Å²) in [5.74, 6) is 0.142. The molecule has 0 bridgehead atoms. The van der Waals surface area contributed by atoms with Gasteiger partial charge in [0.05, 0.1) is 13.7 Å². The molecule has 1 aliphatic rings. The molecule has 0 saturated heterocycles. The third-order valence-electron chi connectivity index (χ3n) is 3.78. The Kier molecular flexibility index (Phi) is 5.36. The summed E-state index contributed by atoms with van der Waals surface area (Å²) in [5.41, 5.74) is 0.136. The average molecular weight is 294 g/mol. The summed E-state index contributed by atoms with van der Waals surface area (Å²) in [4.78, 5) is 29.7. The third-order valence-corrected chi connectivity index (χ3v) is 3.78. The van der Waals surface area contributed by atoms with Crippen molar-refractivity contribution in [3.8, 4) is 0 Å². The van der Waals surface area contributed by atoms with E-state index in [-0.39, 0.29) is 17.5 Å². The zero-order valence-corrected chi connectivity index (χ0v) is 12.6. The minimum Gasteiger partial charge on any atom is -0.464 e. The molecule has 1 heterocycles. The Morgan fingerprint density at radius 1 is 1.43 bits per heavy atom. The second-order valence-corrected chi connectivity index (χ2v) is 5.36. The van der Waals surface area contributed by atoms with Gasteiger partial charge in [0.1, 0.15) is 6.26 Å². The highest BCUT2D eigenvalue weighted by Gasteiger charge is 2.28. The molecule has 0 aliphatic heterocycles. The summed E-state index contributed by atoms with van der Waals surface area (Å²) in [6.45, 7) is 3.01. The van der Waals surface area contributed by atoms with E-state index in [1.165, 1.54) is 13.4 Å². The van der Waals surface area contributed by atoms with Gasteiger partial charge in [-0.1, -0.05) is 19.8 Å². The minimum absolute atomic E-state index is 0.131. The number of hydrogen-bond acceptors (Lipinski definition) is 5. The van der Waals surface area contributed by atoms with Gasteiger partial charge in [-0.3, -0.25) is 4.79 Å². The predicted molar refractivity (Wildman–Crippen MR) is 75.5 cm³/mol. The first-order valence-electron chi connectivity index (χ1n) is 7.47. The largest absolute Gasteiger partial charge is 0.464 e. The van der Waals surface area contributed by atoms with Gasteiger partial charge in [-0.15, -0.1) is 0 Å². The lowest BCUT2D eigenvalue weighted by molar-refractivity contribution is -0.136. The van der Waals surface area contributed by atoms with E-state index in [0.717, 1.165) is 32.1 Å². The Hall–Kier alpha value is -1.85. The van der Waals surface area contributed by atoms with Crippen molar-refractivity contribution in [3.05, 3.63) is 17.8 Å². The molecule has 1 aromatic heterocycles. The lowest BCUT2D eigenvalue weighted by Crippen LogP contribution is -2.35. The standard InChI is InChI=1S/C15H22N2O4/c1-3-8-17(14(18)11-6-4-5-7-11)9-13-16-12(10-21-13)15(19)20-2/h10-11H,3-9H2,1-2H3. The normalized spacial score (nSPS) is 15.1. The monoisotopic (exact) mass is 294 g/mol. The Labute approximate surface area is 124 Å². The van der Waals surface area contributed by atoms with E-state index >= 15 is 0 Å². The van der Waals surface area contributed by atoms with Gasteiger partial charge in [0.2, 0.25) is 11.8 Å². The van der Waals surface area contributed by atoms with E-state index < -0.39 is 5.97 Å². The summed E-state index contributed by atoms with van der Waals surface area (Å²) in [6, 6.07) is 0. The molecule has 1 amide bonds. The van der Waals surface area contributed by atoms with Crippen LogP contribution in [0.25, 0.3) is 0 Å². The van der Waals surface area contributed by atoms with Crippen LogP contribution in [0, 0.1) is 5.92 Å². The van der Waals surface area contributed by atoms with E-state index in [9.17, 15) is 9.59 Å². The van der Waals surface area contributed by atoms with Crippen molar-refractivity contribution < 1.29 is 18.7 Å². The molecule has 116 valence electrons. The highest BCUT2D eigenvalue weighted by atomic mass is 16.5. The number of oxazole rings is 1. The molecule has 0 unspecified atom stereocenters. The van der Waals surface area contributed by atoms with Gasteiger partial charge >= 0.3 is 5.97 Å². The van der Waals surface area contributed by atoms with Crippen molar-refractivity contribution in [2.75, 3.05) is 13.7 Å². The Balaban J connectivity index is 2.03. The quantitative estimate of drug-likeness (QED) is 0.753. The van der Waals surface area contributed by atoms with Crippen molar-refractivity contribution in [1.29, 1.82) is 0 Å². The maximum atomic E-state index is 12.5. The molecule has 0 radical (unpaired) electrons. The molecule has 1 saturated carbocycles. The molecular formula is C15H22N2O4. The number of aromatic nitrogens is 1. The highest BCUT2D eigenvalue weighted by molar-refractivity contribution is 5.86. The number of carbonyl (C=O) groups is 2. The predicted octanol–water partition coefficient (Wildman–Crippen LogP) is 2.39. The van der Waals surface area contributed by atoms with Crippen molar-refractivity contribution in [1.82, 2.24) is 9.88 Å². The number of rotatable bonds is 6. The van der Waals surface area contributed by atoms with Crippen LogP contribution < -0.4 is 0 Å². The molecule has 0 N–H and O–H groups in total. The summed E-state index contributed by atoms with van der Waals surface area (Å²) in [7, 11) is 1.30. The maximum absolute atomic E-state index is 12.5. The van der Waals surface area contributed by atoms with Gasteiger partial charge in [-0.05, 0) is 19.3 Å². The molecule has 6 heteroatoms. The lowest BCUT2D eigenvalue weighted by atomic mass is 10.1. The van der Waals surface area contributed by atoms with Crippen molar-refractivity contribution in [2.24, 2.45) is 5.92 Å². The van der Waals surface area contributed by atoms with Crippen LogP contribution >= 0.6 is 0 Å². The first-order valence-corrected chi connectivity index (χ1v) is 7.47. The molecule has 0 atom stereocenters. The minimum atomic E-state index is -0.533. The molecule has 1 aromatic rings. The van der Waals surface area contributed by atoms with Crippen LogP contribution in [0.2, 0.25) is 0 Å². The fraction of sp³-hybridized carbons (Fsp3) is 0.667. The Bertz CT molecular complexity index is 492. The van der Waals surface area contributed by atoms with Crippen LogP contribution in [0.1, 0.15) is 55.4 Å². The lowest BCUT2D eigenvalue weighted by Gasteiger charge is -2.23. The van der Waals surface area contributed by atoms with E-state index in [2.05, 4.69) is 9.72 Å². The second-order valence-electron chi connectivity index (χ2n) is 5.36. The van der Waals surface area contributed by atoms with Crippen LogP contribution in [0.4, 0.5) is 0 Å². The smallest absolute Gasteiger partial charge is 0.360 e. The number of nitrogens with zero attached hydrogens (tertiary/aromatic N) is 2. The van der Waals surface area contributed by atoms with E-state index in [4.69, 9.17) is 4.42 Å². The van der Waals surface area contributed by atoms with E-state index in [1.807, 2.05) is 6.92 Å². The summed E-state index contributed by atoms with van der Waals surface area (Å²) in [6.07, 6.45) is 6.34. The topological polar surface area (TPSA) is 72.6 Å². The van der Waals surface area contributed by atoms with Crippen molar-refractivity contribution >= 4 is 11.9 Å². The van der Waals surface area contributed by atoms with Crippen LogP contribution in [0.3, 0.4) is 0 Å². The van der Waals surface area contributed by atoms with Crippen molar-refractivity contribution in [3.63, 3.8) is 0 Å². The molecule has 0 spiro atoms. The fourth-order valence-corrected chi connectivity index (χ4v) is 2.71. The molecule has 21 heavy (non-hydrogen) atoms. The first kappa shape index (κ1) is 15.5. The van der Waals surface area contributed by atoms with Gasteiger partial charge < -0.3 is 14.1 Å². The van der Waals surface area contributed by atoms with Crippen LogP contribution in [-0.4, -0.2) is 35.4 Å². The fourth-order valence-electron chi connectivity index (χ4n) is 2.71. The zero-order valence-electron chi connectivity index (χ0n) is 12.6. The molecule has 6 nitrogen and oxygen atoms in total. The summed E-state index contributed by atoms with van der Waals surface area (Å²) < 4.78 is 9.86. The van der Waals surface area contributed by atoms with Crippen LogP contribution in [0.15, 0.2) is 10.7 Å². The highest BCUT2D eigenvalue weighted by Crippen LogP contribution is 2.27. The molecular weight excluding hydrogens is 272 g/mol. The summed E-state index contributed by atoms with van der Waals surface area (Å²) >= 11 is 0. The van der Waals surface area contributed by atoms with Gasteiger partial charge in [-0.25, -0.2) is 9.78 Å². The first-order chi connectivity index (χ1) is 10.2. The molecule has 2 rings (SSSR count). The Morgan fingerprint density at radius 3 is 2.76 bits per heavy atom. The third kappa shape index (κ3) is 3.83. The SMILES string of the molecule is CCCN(Cc1nc(C(=O)OC)co1)C(=O)C1CCCC1. The van der Waals surface area contributed by atoms with E-state index in [0.29, 0.717) is 19.0 Å². The summed E-state index contributed by atoms with van der Waals surface area (Å²) in [5, 5.41) is 0. The van der Waals surface area contributed by atoms with Gasteiger partial charge in [0, 0.05) is 12.5 Å². The van der Waals surface area contributed by atoms with Gasteiger partial charge in [0.25, 0.3) is 0 Å². The zero-order chi connectivity index (χ0) is 15.2. The van der Waals surface area contributed by atoms with Gasteiger partial charge in [-0.2, -0.15) is 0 Å². The number of methoxy groups -OCH3 is 1. The second kappa shape index (κ2) is 7.24. The molecule has 1 aliphatic carbocycles. The number of hydrogen-bond donors (Lipinski definition) is 0. The number of ether oxygens (including phenoxy) is 1. The average Bonchev–Trinajstić information content (AvgIpc) is 3.16. The number of esters is 1.